The third-order valence-corrected chi connectivity index (χ3v) is 4.52. The summed E-state index contributed by atoms with van der Waals surface area (Å²) in [5.74, 6) is -0.0246. The van der Waals surface area contributed by atoms with E-state index in [0.717, 1.165) is 11.8 Å². The van der Waals surface area contributed by atoms with Gasteiger partial charge in [-0.15, -0.1) is 0 Å². The van der Waals surface area contributed by atoms with E-state index in [-0.39, 0.29) is 25.4 Å². The molecule has 118 valence electrons. The molecule has 0 saturated carbocycles. The summed E-state index contributed by atoms with van der Waals surface area (Å²) in [7, 11) is -3.36. The molecule has 0 saturated heterocycles. The first-order chi connectivity index (χ1) is 9.88. The van der Waals surface area contributed by atoms with Crippen molar-refractivity contribution in [1.82, 2.24) is 14.2 Å². The Balaban J connectivity index is 2.70. The molecule has 0 radical (unpaired) electrons. The Kier molecular flexibility index (Phi) is 6.77. The van der Waals surface area contributed by atoms with Gasteiger partial charge < -0.3 is 4.90 Å². The molecule has 0 N–H and O–H groups in total. The Hall–Kier alpha value is -1.47. The number of sulfonamides is 1. The topological polar surface area (TPSA) is 70.6 Å². The number of hydrogen-bond acceptors (Lipinski definition) is 4. The molecule has 7 heteroatoms. The maximum atomic E-state index is 12.0. The molecule has 1 heterocycles. The lowest BCUT2D eigenvalue weighted by atomic mass is 10.2. The molecule has 0 unspecified atom stereocenters. The molecule has 0 spiro atoms. The molecule has 0 atom stereocenters. The number of nitrogens with zero attached hydrogens (tertiary/aromatic N) is 3. The first-order valence-electron chi connectivity index (χ1n) is 7.00. The monoisotopic (exact) mass is 313 g/mol. The molecule has 1 amide bonds. The van der Waals surface area contributed by atoms with Crippen LogP contribution < -0.4 is 0 Å². The van der Waals surface area contributed by atoms with Gasteiger partial charge in [-0.3, -0.25) is 9.78 Å². The SMILES string of the molecule is CCN(CC)C(=O)CCN(Cc1ccncc1)S(C)(=O)=O. The predicted molar refractivity (Wildman–Crippen MR) is 82.0 cm³/mol. The van der Waals surface area contributed by atoms with Gasteiger partial charge in [0.15, 0.2) is 0 Å². The first-order valence-corrected chi connectivity index (χ1v) is 8.85. The minimum Gasteiger partial charge on any atom is -0.343 e. The summed E-state index contributed by atoms with van der Waals surface area (Å²) in [5, 5.41) is 0. The maximum Gasteiger partial charge on any atom is 0.223 e. The van der Waals surface area contributed by atoms with Gasteiger partial charge >= 0.3 is 0 Å². The number of carbonyl (C=O) groups excluding carboxylic acids is 1. The van der Waals surface area contributed by atoms with Gasteiger partial charge in [-0.05, 0) is 31.5 Å². The molecule has 0 aliphatic carbocycles. The molecule has 6 nitrogen and oxygen atoms in total. The van der Waals surface area contributed by atoms with E-state index in [0.29, 0.717) is 13.1 Å². The highest BCUT2D eigenvalue weighted by Crippen LogP contribution is 2.09. The average Bonchev–Trinajstić information content (AvgIpc) is 2.44. The Morgan fingerprint density at radius 2 is 1.76 bits per heavy atom. The maximum absolute atomic E-state index is 12.0. The fourth-order valence-electron chi connectivity index (χ4n) is 2.01. The third-order valence-electron chi connectivity index (χ3n) is 3.27. The highest BCUT2D eigenvalue weighted by atomic mass is 32.2. The number of carbonyl (C=O) groups is 1. The standard InChI is InChI=1S/C14H23N3O3S/c1-4-16(5-2)14(18)8-11-17(21(3,19)20)12-13-6-9-15-10-7-13/h6-7,9-10H,4-5,8,11-12H2,1-3H3. The highest BCUT2D eigenvalue weighted by molar-refractivity contribution is 7.88. The minimum atomic E-state index is -3.36. The predicted octanol–water partition coefficient (Wildman–Crippen LogP) is 1.10. The second-order valence-electron chi connectivity index (χ2n) is 4.77. The van der Waals surface area contributed by atoms with Crippen molar-refractivity contribution < 1.29 is 13.2 Å². The number of pyridine rings is 1. The minimum absolute atomic E-state index is 0.0246. The molecule has 0 aromatic carbocycles. The second kappa shape index (κ2) is 8.09. The Morgan fingerprint density at radius 3 is 2.24 bits per heavy atom. The van der Waals surface area contributed by atoms with Crippen molar-refractivity contribution in [3.8, 4) is 0 Å². The van der Waals surface area contributed by atoms with Crippen LogP contribution in [0.25, 0.3) is 0 Å². The summed E-state index contributed by atoms with van der Waals surface area (Å²) in [5.41, 5.74) is 0.853. The van der Waals surface area contributed by atoms with Gasteiger partial charge in [-0.2, -0.15) is 4.31 Å². The van der Waals surface area contributed by atoms with Crippen LogP contribution in [0.1, 0.15) is 25.8 Å². The Morgan fingerprint density at radius 1 is 1.19 bits per heavy atom. The van der Waals surface area contributed by atoms with Crippen molar-refractivity contribution in [1.29, 1.82) is 0 Å². The molecule has 0 fully saturated rings. The fourth-order valence-corrected chi connectivity index (χ4v) is 2.82. The zero-order chi connectivity index (χ0) is 15.9. The number of amides is 1. The van der Waals surface area contributed by atoms with Crippen LogP contribution in [0.4, 0.5) is 0 Å². The van der Waals surface area contributed by atoms with Crippen LogP contribution in [0.2, 0.25) is 0 Å². The molecule has 0 aliphatic rings. The summed E-state index contributed by atoms with van der Waals surface area (Å²) in [6, 6.07) is 3.54. The quantitative estimate of drug-likeness (QED) is 0.720. The van der Waals surface area contributed by atoms with E-state index in [2.05, 4.69) is 4.98 Å². The zero-order valence-corrected chi connectivity index (χ0v) is 13.6. The van der Waals surface area contributed by atoms with Crippen molar-refractivity contribution in [3.63, 3.8) is 0 Å². The van der Waals surface area contributed by atoms with E-state index < -0.39 is 10.0 Å². The van der Waals surface area contributed by atoms with E-state index in [1.807, 2.05) is 13.8 Å². The summed E-state index contributed by atoms with van der Waals surface area (Å²) in [4.78, 5) is 17.6. The lowest BCUT2D eigenvalue weighted by Crippen LogP contribution is -2.36. The molecule has 1 aromatic heterocycles. The van der Waals surface area contributed by atoms with E-state index in [9.17, 15) is 13.2 Å². The molecule has 1 aromatic rings. The molecular weight excluding hydrogens is 290 g/mol. The van der Waals surface area contributed by atoms with E-state index >= 15 is 0 Å². The van der Waals surface area contributed by atoms with E-state index in [4.69, 9.17) is 0 Å². The summed E-state index contributed by atoms with van der Waals surface area (Å²) >= 11 is 0. The van der Waals surface area contributed by atoms with Crippen molar-refractivity contribution in [2.24, 2.45) is 0 Å². The summed E-state index contributed by atoms with van der Waals surface area (Å²) in [6.07, 6.45) is 4.60. The Labute approximate surface area is 126 Å². The van der Waals surface area contributed by atoms with Crippen LogP contribution in [-0.2, 0) is 21.4 Å². The first kappa shape index (κ1) is 17.6. The van der Waals surface area contributed by atoms with Crippen molar-refractivity contribution in [2.45, 2.75) is 26.8 Å². The van der Waals surface area contributed by atoms with Crippen molar-refractivity contribution >= 4 is 15.9 Å². The van der Waals surface area contributed by atoms with Crippen LogP contribution in [0, 0.1) is 0 Å². The molecule has 1 rings (SSSR count). The summed E-state index contributed by atoms with van der Waals surface area (Å²) < 4.78 is 25.0. The van der Waals surface area contributed by atoms with Crippen LogP contribution in [-0.4, -0.2) is 54.4 Å². The number of rotatable bonds is 8. The molecule has 0 aliphatic heterocycles. The van der Waals surface area contributed by atoms with E-state index in [1.165, 1.54) is 4.31 Å². The van der Waals surface area contributed by atoms with Crippen molar-refractivity contribution in [2.75, 3.05) is 25.9 Å². The average molecular weight is 313 g/mol. The van der Waals surface area contributed by atoms with Crippen LogP contribution in [0.5, 0.6) is 0 Å². The van der Waals surface area contributed by atoms with Gasteiger partial charge in [0.2, 0.25) is 15.9 Å². The van der Waals surface area contributed by atoms with Crippen LogP contribution in [0.15, 0.2) is 24.5 Å². The highest BCUT2D eigenvalue weighted by Gasteiger charge is 2.19. The summed E-state index contributed by atoms with van der Waals surface area (Å²) in [6.45, 7) is 5.54. The van der Waals surface area contributed by atoms with Gasteiger partial charge in [-0.25, -0.2) is 8.42 Å². The van der Waals surface area contributed by atoms with E-state index in [1.54, 1.807) is 29.4 Å². The van der Waals surface area contributed by atoms with Gasteiger partial charge in [0.25, 0.3) is 0 Å². The molecular formula is C14H23N3O3S. The van der Waals surface area contributed by atoms with Gasteiger partial charge in [0.05, 0.1) is 6.26 Å². The van der Waals surface area contributed by atoms with Crippen molar-refractivity contribution in [3.05, 3.63) is 30.1 Å². The van der Waals surface area contributed by atoms with Crippen LogP contribution >= 0.6 is 0 Å². The smallest absolute Gasteiger partial charge is 0.223 e. The fraction of sp³-hybridized carbons (Fsp3) is 0.571. The second-order valence-corrected chi connectivity index (χ2v) is 6.75. The molecule has 0 bridgehead atoms. The largest absolute Gasteiger partial charge is 0.343 e. The lowest BCUT2D eigenvalue weighted by Gasteiger charge is -2.23. The van der Waals surface area contributed by atoms with Gasteiger partial charge in [-0.1, -0.05) is 0 Å². The number of aromatic nitrogens is 1. The third kappa shape index (κ3) is 5.81. The van der Waals surface area contributed by atoms with Gasteiger partial charge in [0.1, 0.15) is 0 Å². The lowest BCUT2D eigenvalue weighted by molar-refractivity contribution is -0.130. The van der Waals surface area contributed by atoms with Gasteiger partial charge in [0, 0.05) is 45.0 Å². The zero-order valence-electron chi connectivity index (χ0n) is 12.8. The molecule has 21 heavy (non-hydrogen) atoms. The normalized spacial score (nSPS) is 11.6. The Bertz CT molecular complexity index is 542. The van der Waals surface area contributed by atoms with Crippen LogP contribution in [0.3, 0.4) is 0 Å². The number of hydrogen-bond donors (Lipinski definition) is 0.